The number of nitrogens with one attached hydrogen (secondary N) is 3. The van der Waals surface area contributed by atoms with E-state index < -0.39 is 29.7 Å². The molecule has 0 aliphatic carbocycles. The fourth-order valence-corrected chi connectivity index (χ4v) is 4.61. The molecule has 8 N–H and O–H groups in total. The monoisotopic (exact) mass is 610 g/mol. The van der Waals surface area contributed by atoms with Crippen molar-refractivity contribution in [2.75, 3.05) is 32.1 Å². The third kappa shape index (κ3) is 7.27. The number of hydrogen-bond acceptors (Lipinski definition) is 9. The fraction of sp³-hybridized carbons (Fsp3) is 0.333. The summed E-state index contributed by atoms with van der Waals surface area (Å²) in [6, 6.07) is 7.19. The topological polar surface area (TPSA) is 182 Å². The number of benzene rings is 2. The number of imidazole rings is 1. The minimum Gasteiger partial charge on any atom is -0.494 e. The number of aliphatic hydroxyl groups is 1. The van der Waals surface area contributed by atoms with Crippen molar-refractivity contribution in [1.82, 2.24) is 25.0 Å². The number of nitrogens with two attached hydrogens (primary N) is 2. The summed E-state index contributed by atoms with van der Waals surface area (Å²) in [5, 5.41) is 18.7. The molecule has 0 radical (unpaired) electrons. The minimum atomic E-state index is -1.09. The van der Waals surface area contributed by atoms with Gasteiger partial charge in [0.2, 0.25) is 11.7 Å². The first-order chi connectivity index (χ1) is 21.2. The van der Waals surface area contributed by atoms with E-state index in [2.05, 4.69) is 25.9 Å². The predicted octanol–water partition coefficient (Wildman–Crippen LogP) is 2.26. The summed E-state index contributed by atoms with van der Waals surface area (Å²) in [6.07, 6.45) is 5.10. The number of carbonyl (C=O) groups is 2. The van der Waals surface area contributed by atoms with Gasteiger partial charge in [0.05, 0.1) is 31.1 Å². The number of nitrogens with zero attached hydrogens (tertiary/aromatic N) is 3. The molecule has 0 fully saturated rings. The normalized spacial score (nSPS) is 12.5. The number of carbonyl (C=O) groups excluding carboxylic acids is 2. The molecule has 2 atom stereocenters. The number of fused-ring (bicyclic) bond motifs is 1. The number of halogens is 2. The van der Waals surface area contributed by atoms with Crippen molar-refractivity contribution in [1.29, 1.82) is 0 Å². The number of aliphatic hydroxyl groups excluding tert-OH is 1. The van der Waals surface area contributed by atoms with Crippen LogP contribution in [0.1, 0.15) is 35.7 Å². The highest BCUT2D eigenvalue weighted by atomic mass is 19.2. The van der Waals surface area contributed by atoms with Crippen molar-refractivity contribution >= 4 is 29.0 Å². The first-order valence-corrected chi connectivity index (χ1v) is 14.1. The zero-order chi connectivity index (χ0) is 31.8. The van der Waals surface area contributed by atoms with E-state index in [0.717, 1.165) is 5.56 Å². The van der Waals surface area contributed by atoms with Gasteiger partial charge in [-0.1, -0.05) is 6.92 Å². The van der Waals surface area contributed by atoms with Crippen LogP contribution in [0.4, 0.5) is 20.3 Å². The van der Waals surface area contributed by atoms with E-state index in [-0.39, 0.29) is 30.3 Å². The van der Waals surface area contributed by atoms with E-state index in [1.807, 2.05) is 6.92 Å². The van der Waals surface area contributed by atoms with Gasteiger partial charge < -0.3 is 37.3 Å². The number of hydrogen-bond donors (Lipinski definition) is 6. The van der Waals surface area contributed by atoms with Gasteiger partial charge >= 0.3 is 0 Å². The van der Waals surface area contributed by atoms with Gasteiger partial charge in [-0.05, 0) is 61.7 Å². The quantitative estimate of drug-likeness (QED) is 0.125. The number of aryl methyl sites for hydroxylation is 1. The van der Waals surface area contributed by atoms with Gasteiger partial charge in [0.1, 0.15) is 0 Å². The molecule has 2 aromatic carbocycles. The number of ether oxygens (including phenoxy) is 1. The summed E-state index contributed by atoms with van der Waals surface area (Å²) in [7, 11) is 1.26. The van der Waals surface area contributed by atoms with Gasteiger partial charge in [-0.3, -0.25) is 14.0 Å². The molecule has 4 aromatic rings. The van der Waals surface area contributed by atoms with E-state index in [0.29, 0.717) is 54.2 Å². The Morgan fingerprint density at radius 3 is 2.61 bits per heavy atom. The molecule has 2 aromatic heterocycles. The van der Waals surface area contributed by atoms with Crippen LogP contribution in [0, 0.1) is 11.6 Å². The molecule has 2 heterocycles. The van der Waals surface area contributed by atoms with Crippen LogP contribution in [-0.4, -0.2) is 70.2 Å². The summed E-state index contributed by atoms with van der Waals surface area (Å²) in [6.45, 7) is 2.19. The van der Waals surface area contributed by atoms with Crippen molar-refractivity contribution in [3.8, 4) is 17.0 Å². The standard InChI is InChI=1S/C30H36F2N8O4/c1-3-17-13-18(6-7-20(17)29(42)37-14-19(41)15-38-30(43)22(34)5-4-10-33)39-27-28-36-16-23(40(28)12-11-35-27)21-8-9-24(44-2)26(32)25(21)31/h6-9,11-13,16,19,22,41H,3-5,10,14-15,33-34H2,1-2H3,(H,35,39)(H,37,42)(H,38,43). The predicted molar refractivity (Wildman–Crippen MR) is 162 cm³/mol. The Hall–Kier alpha value is -4.66. The Morgan fingerprint density at radius 2 is 1.89 bits per heavy atom. The van der Waals surface area contributed by atoms with E-state index in [1.54, 1.807) is 28.8 Å². The lowest BCUT2D eigenvalue weighted by Gasteiger charge is -2.16. The van der Waals surface area contributed by atoms with Crippen LogP contribution in [0.15, 0.2) is 48.9 Å². The van der Waals surface area contributed by atoms with Gasteiger partial charge in [-0.15, -0.1) is 0 Å². The van der Waals surface area contributed by atoms with Crippen molar-refractivity contribution in [3.05, 3.63) is 71.7 Å². The second-order valence-corrected chi connectivity index (χ2v) is 10.1. The van der Waals surface area contributed by atoms with E-state index in [9.17, 15) is 23.5 Å². The van der Waals surface area contributed by atoms with Crippen LogP contribution < -0.4 is 32.2 Å². The molecule has 2 amide bonds. The third-order valence-electron chi connectivity index (χ3n) is 7.03. The molecule has 0 saturated carbocycles. The molecule has 12 nitrogen and oxygen atoms in total. The molecule has 2 unspecified atom stereocenters. The third-order valence-corrected chi connectivity index (χ3v) is 7.03. The molecule has 0 saturated heterocycles. The molecule has 0 bridgehead atoms. The maximum absolute atomic E-state index is 14.8. The second-order valence-electron chi connectivity index (χ2n) is 10.1. The van der Waals surface area contributed by atoms with Gasteiger partial charge in [0.25, 0.3) is 5.91 Å². The van der Waals surface area contributed by atoms with Crippen molar-refractivity contribution in [3.63, 3.8) is 0 Å². The van der Waals surface area contributed by atoms with Crippen LogP contribution in [0.3, 0.4) is 0 Å². The highest BCUT2D eigenvalue weighted by Gasteiger charge is 2.20. The number of rotatable bonds is 14. The molecular weight excluding hydrogens is 574 g/mol. The Morgan fingerprint density at radius 1 is 1.11 bits per heavy atom. The summed E-state index contributed by atoms with van der Waals surface area (Å²) in [5.41, 5.74) is 13.7. The molecule has 4 rings (SSSR count). The van der Waals surface area contributed by atoms with Gasteiger partial charge in [0.15, 0.2) is 23.0 Å². The minimum absolute atomic E-state index is 0.00942. The fourth-order valence-electron chi connectivity index (χ4n) is 4.61. The van der Waals surface area contributed by atoms with Gasteiger partial charge in [-0.25, -0.2) is 14.4 Å². The Bertz CT molecular complexity index is 1630. The highest BCUT2D eigenvalue weighted by molar-refractivity contribution is 5.96. The largest absolute Gasteiger partial charge is 0.494 e. The lowest BCUT2D eigenvalue weighted by Crippen LogP contribution is -2.46. The summed E-state index contributed by atoms with van der Waals surface area (Å²) >= 11 is 0. The Balaban J connectivity index is 1.43. The maximum Gasteiger partial charge on any atom is 0.251 e. The molecule has 0 aliphatic heterocycles. The number of amides is 2. The Labute approximate surface area is 252 Å². The SMILES string of the molecule is CCc1cc(Nc2nccn3c(-c4ccc(OC)c(F)c4F)cnc23)ccc1C(=O)NCC(O)CNC(=O)C(N)CCCN. The maximum atomic E-state index is 14.8. The highest BCUT2D eigenvalue weighted by Crippen LogP contribution is 2.31. The summed E-state index contributed by atoms with van der Waals surface area (Å²) in [4.78, 5) is 33.7. The zero-order valence-corrected chi connectivity index (χ0v) is 24.4. The molecular formula is C30H36F2N8O4. The van der Waals surface area contributed by atoms with Crippen molar-refractivity contribution < 1.29 is 28.2 Å². The molecule has 234 valence electrons. The smallest absolute Gasteiger partial charge is 0.251 e. The van der Waals surface area contributed by atoms with E-state index >= 15 is 0 Å². The Kier molecular flexibility index (Phi) is 10.8. The van der Waals surface area contributed by atoms with E-state index in [4.69, 9.17) is 16.2 Å². The second kappa shape index (κ2) is 14.7. The first kappa shape index (κ1) is 32.3. The summed E-state index contributed by atoms with van der Waals surface area (Å²) < 4.78 is 35.6. The van der Waals surface area contributed by atoms with Crippen LogP contribution >= 0.6 is 0 Å². The van der Waals surface area contributed by atoms with Crippen LogP contribution in [0.25, 0.3) is 16.9 Å². The van der Waals surface area contributed by atoms with Crippen molar-refractivity contribution in [2.24, 2.45) is 11.5 Å². The van der Waals surface area contributed by atoms with Crippen LogP contribution in [-0.2, 0) is 11.2 Å². The van der Waals surface area contributed by atoms with Crippen LogP contribution in [0.5, 0.6) is 5.75 Å². The van der Waals surface area contributed by atoms with Crippen molar-refractivity contribution in [2.45, 2.75) is 38.3 Å². The molecule has 14 heteroatoms. The first-order valence-electron chi connectivity index (χ1n) is 14.1. The van der Waals surface area contributed by atoms with Crippen LogP contribution in [0.2, 0.25) is 0 Å². The summed E-state index contributed by atoms with van der Waals surface area (Å²) in [5.74, 6) is -2.76. The molecule has 0 spiro atoms. The number of methoxy groups -OCH3 is 1. The molecule has 0 aliphatic rings. The number of anilines is 2. The lowest BCUT2D eigenvalue weighted by molar-refractivity contribution is -0.122. The lowest BCUT2D eigenvalue weighted by atomic mass is 10.0. The average Bonchev–Trinajstić information content (AvgIpc) is 3.47. The number of aromatic nitrogens is 3. The van der Waals surface area contributed by atoms with E-state index in [1.165, 1.54) is 31.6 Å². The zero-order valence-electron chi connectivity index (χ0n) is 24.4. The van der Waals surface area contributed by atoms with Gasteiger partial charge in [-0.2, -0.15) is 4.39 Å². The average molecular weight is 611 g/mol. The van der Waals surface area contributed by atoms with Gasteiger partial charge in [0, 0.05) is 42.3 Å². The molecule has 44 heavy (non-hydrogen) atoms.